The van der Waals surface area contributed by atoms with E-state index in [1.165, 1.54) is 0 Å². The molecule has 0 saturated carbocycles. The maximum Gasteiger partial charge on any atom is 0.317 e. The number of likely N-dealkylation sites (N-methyl/N-ethyl adjacent to an activating group) is 1. The molecule has 0 aliphatic rings. The minimum absolute atomic E-state index is 0.00651. The second-order valence-corrected chi connectivity index (χ2v) is 3.83. The van der Waals surface area contributed by atoms with Gasteiger partial charge in [-0.05, 0) is 6.42 Å². The molecule has 2 N–H and O–H groups in total. The summed E-state index contributed by atoms with van der Waals surface area (Å²) in [6.07, 6.45) is 6.36. The summed E-state index contributed by atoms with van der Waals surface area (Å²) in [6.45, 7) is 3.55. The second-order valence-electron chi connectivity index (χ2n) is 3.83. The lowest BCUT2D eigenvalue weighted by Crippen LogP contribution is -2.38. The molecule has 5 nitrogen and oxygen atoms in total. The first-order chi connectivity index (χ1) is 7.74. The third kappa shape index (κ3) is 4.33. The molecule has 0 aliphatic heterocycles. The first-order valence-electron chi connectivity index (χ1n) is 5.70. The molecule has 0 aromatic carbocycles. The van der Waals surface area contributed by atoms with Crippen LogP contribution in [-0.2, 0) is 6.42 Å². The topological polar surface area (TPSA) is 61.0 Å². The third-order valence-electron chi connectivity index (χ3n) is 2.42. The molecule has 5 heteroatoms. The van der Waals surface area contributed by atoms with Gasteiger partial charge in [0.1, 0.15) is 0 Å². The van der Waals surface area contributed by atoms with Gasteiger partial charge in [-0.15, -0.1) is 0 Å². The van der Waals surface area contributed by atoms with Gasteiger partial charge in [-0.3, -0.25) is 0 Å². The largest absolute Gasteiger partial charge is 0.348 e. The van der Waals surface area contributed by atoms with Crippen molar-refractivity contribution in [2.75, 3.05) is 20.1 Å². The molecule has 2 amide bonds. The summed E-state index contributed by atoms with van der Waals surface area (Å²) in [4.78, 5) is 20.2. The van der Waals surface area contributed by atoms with Crippen LogP contribution in [0.4, 0.5) is 4.79 Å². The number of hydrogen-bond acceptors (Lipinski definition) is 2. The Bertz CT molecular complexity index is 297. The fourth-order valence-electron chi connectivity index (χ4n) is 1.32. The third-order valence-corrected chi connectivity index (χ3v) is 2.42. The number of carbonyl (C=O) groups excluding carboxylic acids is 1. The Morgan fingerprint density at radius 2 is 2.44 bits per heavy atom. The monoisotopic (exact) mass is 224 g/mol. The average molecular weight is 224 g/mol. The van der Waals surface area contributed by atoms with Crippen molar-refractivity contribution in [2.45, 2.75) is 26.2 Å². The van der Waals surface area contributed by atoms with Gasteiger partial charge in [0.15, 0.2) is 0 Å². The van der Waals surface area contributed by atoms with Gasteiger partial charge < -0.3 is 15.2 Å². The molecule has 1 aromatic heterocycles. The van der Waals surface area contributed by atoms with Crippen molar-refractivity contribution in [2.24, 2.45) is 0 Å². The zero-order valence-electron chi connectivity index (χ0n) is 9.99. The van der Waals surface area contributed by atoms with Crippen LogP contribution in [0.25, 0.3) is 0 Å². The zero-order chi connectivity index (χ0) is 11.8. The van der Waals surface area contributed by atoms with E-state index < -0.39 is 0 Å². The smallest absolute Gasteiger partial charge is 0.317 e. The van der Waals surface area contributed by atoms with Crippen molar-refractivity contribution in [3.63, 3.8) is 0 Å². The molecule has 0 atom stereocenters. The number of amides is 2. The van der Waals surface area contributed by atoms with Gasteiger partial charge >= 0.3 is 6.03 Å². The highest BCUT2D eigenvalue weighted by Crippen LogP contribution is 1.95. The lowest BCUT2D eigenvalue weighted by Gasteiger charge is -2.17. The van der Waals surface area contributed by atoms with Gasteiger partial charge in [0, 0.05) is 38.4 Å². The Labute approximate surface area is 96.3 Å². The van der Waals surface area contributed by atoms with Crippen molar-refractivity contribution in [3.05, 3.63) is 18.2 Å². The molecule has 0 radical (unpaired) electrons. The molecule has 0 fully saturated rings. The fraction of sp³-hybridized carbons (Fsp3) is 0.636. The molecule has 0 aliphatic carbocycles. The number of unbranched alkanes of at least 4 members (excludes halogenated alkanes) is 1. The first kappa shape index (κ1) is 12.5. The van der Waals surface area contributed by atoms with Gasteiger partial charge in [0.05, 0.1) is 6.33 Å². The zero-order valence-corrected chi connectivity index (χ0v) is 9.99. The standard InChI is InChI=1S/C11H20N4O/c1-3-4-6-13-11(16)15(2)7-5-10-8-12-9-14-10/h8-9H,3-7H2,1-2H3,(H,12,14)(H,13,16). The van der Waals surface area contributed by atoms with E-state index in [4.69, 9.17) is 0 Å². The number of hydrogen-bond donors (Lipinski definition) is 2. The number of H-pyrrole nitrogens is 1. The van der Waals surface area contributed by atoms with Gasteiger partial charge in [-0.2, -0.15) is 0 Å². The number of imidazole rings is 1. The number of rotatable bonds is 6. The molecular weight excluding hydrogens is 204 g/mol. The maximum absolute atomic E-state index is 11.6. The van der Waals surface area contributed by atoms with Crippen molar-refractivity contribution in [3.8, 4) is 0 Å². The first-order valence-corrected chi connectivity index (χ1v) is 5.70. The van der Waals surface area contributed by atoms with Crippen molar-refractivity contribution in [1.82, 2.24) is 20.2 Å². The van der Waals surface area contributed by atoms with E-state index in [1.54, 1.807) is 24.5 Å². The van der Waals surface area contributed by atoms with Gasteiger partial charge in [-0.1, -0.05) is 13.3 Å². The quantitative estimate of drug-likeness (QED) is 0.717. The predicted molar refractivity (Wildman–Crippen MR) is 63.2 cm³/mol. The SMILES string of the molecule is CCCCNC(=O)N(C)CCc1cnc[nH]1. The lowest BCUT2D eigenvalue weighted by atomic mass is 10.3. The second kappa shape index (κ2) is 6.87. The number of carbonyl (C=O) groups is 1. The summed E-state index contributed by atoms with van der Waals surface area (Å²) in [7, 11) is 1.80. The van der Waals surface area contributed by atoms with Crippen LogP contribution in [0.3, 0.4) is 0 Å². The maximum atomic E-state index is 11.6. The number of aromatic amines is 1. The van der Waals surface area contributed by atoms with Crippen molar-refractivity contribution >= 4 is 6.03 Å². The number of nitrogens with zero attached hydrogens (tertiary/aromatic N) is 2. The van der Waals surface area contributed by atoms with Crippen LogP contribution >= 0.6 is 0 Å². The average Bonchev–Trinajstić information content (AvgIpc) is 2.79. The van der Waals surface area contributed by atoms with Gasteiger partial charge in [0.25, 0.3) is 0 Å². The number of nitrogens with one attached hydrogen (secondary N) is 2. The van der Waals surface area contributed by atoms with E-state index in [1.807, 2.05) is 0 Å². The fourth-order valence-corrected chi connectivity index (χ4v) is 1.32. The van der Waals surface area contributed by atoms with Crippen LogP contribution in [-0.4, -0.2) is 41.0 Å². The summed E-state index contributed by atoms with van der Waals surface area (Å²) in [6, 6.07) is -0.00651. The van der Waals surface area contributed by atoms with Gasteiger partial charge in [-0.25, -0.2) is 9.78 Å². The molecular formula is C11H20N4O. The minimum Gasteiger partial charge on any atom is -0.348 e. The summed E-state index contributed by atoms with van der Waals surface area (Å²) in [5, 5.41) is 2.87. The molecule has 1 heterocycles. The Hall–Kier alpha value is -1.52. The normalized spacial score (nSPS) is 10.1. The van der Waals surface area contributed by atoms with Crippen LogP contribution in [0, 0.1) is 0 Å². The van der Waals surface area contributed by atoms with E-state index in [0.717, 1.165) is 31.5 Å². The van der Waals surface area contributed by atoms with Crippen LogP contribution in [0.15, 0.2) is 12.5 Å². The Balaban J connectivity index is 2.18. The summed E-state index contributed by atoms with van der Waals surface area (Å²) >= 11 is 0. The predicted octanol–water partition coefficient (Wildman–Crippen LogP) is 1.39. The highest BCUT2D eigenvalue weighted by atomic mass is 16.2. The summed E-state index contributed by atoms with van der Waals surface area (Å²) < 4.78 is 0. The summed E-state index contributed by atoms with van der Waals surface area (Å²) in [5.74, 6) is 0. The van der Waals surface area contributed by atoms with E-state index >= 15 is 0 Å². The van der Waals surface area contributed by atoms with E-state index in [9.17, 15) is 4.79 Å². The lowest BCUT2D eigenvalue weighted by molar-refractivity contribution is 0.209. The van der Waals surface area contributed by atoms with E-state index in [2.05, 4.69) is 22.2 Å². The van der Waals surface area contributed by atoms with E-state index in [-0.39, 0.29) is 6.03 Å². The van der Waals surface area contributed by atoms with E-state index in [0.29, 0.717) is 6.54 Å². The molecule has 1 aromatic rings. The molecule has 0 bridgehead atoms. The van der Waals surface area contributed by atoms with Crippen LogP contribution in [0.1, 0.15) is 25.5 Å². The molecule has 0 saturated heterocycles. The van der Waals surface area contributed by atoms with Crippen molar-refractivity contribution in [1.29, 1.82) is 0 Å². The Morgan fingerprint density at radius 1 is 1.62 bits per heavy atom. The van der Waals surface area contributed by atoms with Crippen LogP contribution < -0.4 is 5.32 Å². The van der Waals surface area contributed by atoms with Gasteiger partial charge in [0.2, 0.25) is 0 Å². The molecule has 0 spiro atoms. The van der Waals surface area contributed by atoms with Crippen LogP contribution in [0.2, 0.25) is 0 Å². The van der Waals surface area contributed by atoms with Crippen LogP contribution in [0.5, 0.6) is 0 Å². The number of aromatic nitrogens is 2. The molecule has 1 rings (SSSR count). The summed E-state index contributed by atoms with van der Waals surface area (Å²) in [5.41, 5.74) is 1.05. The molecule has 16 heavy (non-hydrogen) atoms. The highest BCUT2D eigenvalue weighted by molar-refractivity contribution is 5.73. The minimum atomic E-state index is -0.00651. The Kier molecular flexibility index (Phi) is 5.39. The molecule has 90 valence electrons. The van der Waals surface area contributed by atoms with Crippen molar-refractivity contribution < 1.29 is 4.79 Å². The molecule has 0 unspecified atom stereocenters. The number of urea groups is 1. The highest BCUT2D eigenvalue weighted by Gasteiger charge is 2.07. The Morgan fingerprint density at radius 3 is 3.06 bits per heavy atom.